The molecular weight excluding hydrogens is 957 g/mol. The Hall–Kier alpha value is -7.70. The minimum Gasteiger partial charge on any atom is -0.494 e. The number of pyridine rings is 1. The van der Waals surface area contributed by atoms with Crippen molar-refractivity contribution in [2.75, 3.05) is 74.1 Å². The monoisotopic (exact) mass is 1010 g/mol. The van der Waals surface area contributed by atoms with Crippen LogP contribution in [-0.4, -0.2) is 123 Å². The molecule has 4 aliphatic rings. The summed E-state index contributed by atoms with van der Waals surface area (Å²) < 4.78 is 8.92. The van der Waals surface area contributed by atoms with Gasteiger partial charge in [0.2, 0.25) is 17.7 Å². The quantitative estimate of drug-likeness (QED) is 0.0735. The van der Waals surface area contributed by atoms with Gasteiger partial charge in [0.1, 0.15) is 11.6 Å². The molecular formula is C56H58N10O7S. The van der Waals surface area contributed by atoms with Crippen LogP contribution < -0.4 is 25.2 Å². The molecule has 7 aromatic rings. The van der Waals surface area contributed by atoms with Gasteiger partial charge in [-0.3, -0.25) is 39.4 Å². The molecule has 0 aliphatic carbocycles. The second kappa shape index (κ2) is 21.0. The number of rotatable bonds is 14. The van der Waals surface area contributed by atoms with Crippen LogP contribution in [0, 0.1) is 0 Å². The van der Waals surface area contributed by atoms with E-state index in [-0.39, 0.29) is 29.3 Å². The number of piperazine rings is 1. The van der Waals surface area contributed by atoms with Crippen molar-refractivity contribution in [2.45, 2.75) is 63.3 Å². The van der Waals surface area contributed by atoms with Gasteiger partial charge in [0, 0.05) is 69.4 Å². The van der Waals surface area contributed by atoms with E-state index in [4.69, 9.17) is 4.74 Å². The maximum Gasteiger partial charge on any atom is 0.354 e. The van der Waals surface area contributed by atoms with Crippen molar-refractivity contribution in [1.29, 1.82) is 0 Å². The number of anilines is 3. The summed E-state index contributed by atoms with van der Waals surface area (Å²) >= 11 is 1.43. The third-order valence-corrected chi connectivity index (χ3v) is 16.1. The summed E-state index contributed by atoms with van der Waals surface area (Å²) in [6.07, 6.45) is 4.49. The van der Waals surface area contributed by atoms with Crippen molar-refractivity contribution in [1.82, 2.24) is 34.9 Å². The molecule has 3 aromatic heterocycles. The SMILES string of the molecule is Cn1nc(C2CCC(=O)NC2=O)c2ccc(N3CCN(C(=O)CN4CCC(c5ccc(OCCCc6ccc(N7CCc8cccc(C(=O)Nc9nc%10ccccc%10s9)c8C7)nc6C(=O)O)cc5)CC4)CC3)cc21. The first-order valence-electron chi connectivity index (χ1n) is 25.6. The molecule has 3 N–H and O–H groups in total. The maximum absolute atomic E-state index is 13.6. The second-order valence-corrected chi connectivity index (χ2v) is 20.7. The third kappa shape index (κ3) is 10.3. The number of para-hydroxylation sites is 1. The summed E-state index contributed by atoms with van der Waals surface area (Å²) in [6, 6.07) is 31.7. The van der Waals surface area contributed by atoms with Gasteiger partial charge < -0.3 is 24.5 Å². The van der Waals surface area contributed by atoms with Crippen LogP contribution in [0.4, 0.5) is 16.6 Å². The molecule has 380 valence electrons. The first-order valence-corrected chi connectivity index (χ1v) is 26.4. The molecule has 3 saturated heterocycles. The number of carboxylic acid groups (broad SMARTS) is 1. The van der Waals surface area contributed by atoms with E-state index in [0.29, 0.717) is 105 Å². The molecule has 0 bridgehead atoms. The number of imide groups is 1. The van der Waals surface area contributed by atoms with E-state index in [1.165, 1.54) is 16.9 Å². The molecule has 0 saturated carbocycles. The van der Waals surface area contributed by atoms with Crippen LogP contribution in [-0.2, 0) is 40.8 Å². The first-order chi connectivity index (χ1) is 36.0. The highest BCUT2D eigenvalue weighted by Gasteiger charge is 2.33. The molecule has 1 unspecified atom stereocenters. The molecule has 74 heavy (non-hydrogen) atoms. The molecule has 1 atom stereocenters. The number of likely N-dealkylation sites (tertiary alicyclic amines) is 1. The lowest BCUT2D eigenvalue weighted by Crippen LogP contribution is -2.51. The van der Waals surface area contributed by atoms with Gasteiger partial charge in [-0.15, -0.1) is 0 Å². The predicted octanol–water partition coefficient (Wildman–Crippen LogP) is 7.15. The Balaban J connectivity index is 0.616. The average Bonchev–Trinajstić information content (AvgIpc) is 3.99. The number of amides is 4. The summed E-state index contributed by atoms with van der Waals surface area (Å²) in [6.45, 7) is 6.36. The van der Waals surface area contributed by atoms with Crippen LogP contribution in [0.5, 0.6) is 5.75 Å². The van der Waals surface area contributed by atoms with Gasteiger partial charge in [0.25, 0.3) is 5.91 Å². The number of aromatic carboxylic acids is 1. The standard InChI is InChI=1S/C56H58N10O7S/c1-62-46-32-39(14-17-42(46)52(61-62)43-18-20-49(67)59-54(43)70)64-27-29-65(30-28-64)50(68)34-63-24-21-36(22-25-63)35-11-15-40(16-12-35)73-31-5-7-38-13-19-48(58-51(38)55(71)72)66-26-23-37-6-4-8-41(44(37)33-66)53(69)60-56-57-45-9-2-3-10-47(45)74-56/h2-4,6,8-17,19,32,36,43H,5,7,18,20-31,33-34H2,1H3,(H,71,72)(H,57,60,69)(H,59,67,70). The number of nitrogens with one attached hydrogen (secondary N) is 2. The number of thiazole rings is 1. The Labute approximate surface area is 432 Å². The molecule has 7 heterocycles. The van der Waals surface area contributed by atoms with E-state index in [1.807, 2.05) is 89.6 Å². The summed E-state index contributed by atoms with van der Waals surface area (Å²) in [5.41, 5.74) is 7.99. The van der Waals surface area contributed by atoms with Crippen molar-refractivity contribution >= 4 is 78.7 Å². The Kier molecular flexibility index (Phi) is 13.8. The van der Waals surface area contributed by atoms with Gasteiger partial charge in [0.05, 0.1) is 40.5 Å². The topological polar surface area (TPSA) is 195 Å². The fourth-order valence-corrected chi connectivity index (χ4v) is 11.9. The number of carbonyl (C=O) groups is 5. The fraction of sp³-hybridized carbons (Fsp3) is 0.357. The molecule has 3 fully saturated rings. The van der Waals surface area contributed by atoms with Crippen molar-refractivity contribution in [3.05, 3.63) is 136 Å². The molecule has 4 aromatic carbocycles. The van der Waals surface area contributed by atoms with Crippen LogP contribution >= 0.6 is 11.3 Å². The van der Waals surface area contributed by atoms with Crippen LogP contribution in [0.15, 0.2) is 97.1 Å². The number of carbonyl (C=O) groups excluding carboxylic acids is 4. The number of fused-ring (bicyclic) bond motifs is 3. The number of piperidine rings is 2. The van der Waals surface area contributed by atoms with Crippen LogP contribution in [0.2, 0.25) is 0 Å². The molecule has 17 nitrogen and oxygen atoms in total. The molecule has 4 amide bonds. The Bertz CT molecular complexity index is 3250. The van der Waals surface area contributed by atoms with E-state index in [2.05, 4.69) is 59.8 Å². The van der Waals surface area contributed by atoms with E-state index >= 15 is 0 Å². The van der Waals surface area contributed by atoms with Crippen molar-refractivity contribution in [2.24, 2.45) is 7.05 Å². The number of carboxylic acids is 1. The lowest BCUT2D eigenvalue weighted by Gasteiger charge is -2.38. The molecule has 4 aliphatic heterocycles. The zero-order valence-electron chi connectivity index (χ0n) is 41.3. The van der Waals surface area contributed by atoms with Crippen LogP contribution in [0.3, 0.4) is 0 Å². The van der Waals surface area contributed by atoms with Crippen LogP contribution in [0.1, 0.15) is 92.7 Å². The van der Waals surface area contributed by atoms with Crippen molar-refractivity contribution in [3.63, 3.8) is 0 Å². The van der Waals surface area contributed by atoms with E-state index < -0.39 is 11.9 Å². The zero-order chi connectivity index (χ0) is 50.9. The first kappa shape index (κ1) is 48.6. The van der Waals surface area contributed by atoms with Gasteiger partial charge >= 0.3 is 5.97 Å². The zero-order valence-corrected chi connectivity index (χ0v) is 42.1. The van der Waals surface area contributed by atoms with E-state index in [9.17, 15) is 29.1 Å². The van der Waals surface area contributed by atoms with Gasteiger partial charge in [-0.25, -0.2) is 14.8 Å². The normalized spacial score (nSPS) is 17.6. The minimum atomic E-state index is -1.08. The van der Waals surface area contributed by atoms with E-state index in [1.54, 1.807) is 4.68 Å². The number of benzene rings is 4. The van der Waals surface area contributed by atoms with Crippen molar-refractivity contribution in [3.8, 4) is 5.75 Å². The van der Waals surface area contributed by atoms with E-state index in [0.717, 1.165) is 82.7 Å². The maximum atomic E-state index is 13.6. The largest absolute Gasteiger partial charge is 0.494 e. The molecule has 18 heteroatoms. The number of nitrogens with zero attached hydrogens (tertiary/aromatic N) is 8. The van der Waals surface area contributed by atoms with Gasteiger partial charge in [-0.05, 0) is 134 Å². The van der Waals surface area contributed by atoms with Crippen LogP contribution in [0.25, 0.3) is 21.1 Å². The average molecular weight is 1020 g/mol. The Morgan fingerprint density at radius 1 is 0.838 bits per heavy atom. The smallest absolute Gasteiger partial charge is 0.354 e. The highest BCUT2D eigenvalue weighted by molar-refractivity contribution is 7.22. The second-order valence-electron chi connectivity index (χ2n) is 19.7. The number of aryl methyl sites for hydroxylation is 2. The highest BCUT2D eigenvalue weighted by Crippen LogP contribution is 2.34. The summed E-state index contributed by atoms with van der Waals surface area (Å²) in [5, 5.41) is 21.8. The van der Waals surface area contributed by atoms with Gasteiger partial charge in [0.15, 0.2) is 10.8 Å². The fourth-order valence-electron chi connectivity index (χ4n) is 11.0. The Morgan fingerprint density at radius 2 is 1.65 bits per heavy atom. The lowest BCUT2D eigenvalue weighted by atomic mass is 9.89. The Morgan fingerprint density at radius 3 is 2.43 bits per heavy atom. The summed E-state index contributed by atoms with van der Waals surface area (Å²) in [7, 11) is 1.88. The number of hydrogen-bond acceptors (Lipinski definition) is 13. The highest BCUT2D eigenvalue weighted by atomic mass is 32.1. The van der Waals surface area contributed by atoms with Gasteiger partial charge in [-0.2, -0.15) is 5.10 Å². The lowest BCUT2D eigenvalue weighted by molar-refractivity contribution is -0.134. The summed E-state index contributed by atoms with van der Waals surface area (Å²) in [5.74, 6) is -0.403. The molecule has 0 spiro atoms. The number of hydrogen-bond donors (Lipinski definition) is 3. The minimum absolute atomic E-state index is 0.0236. The molecule has 0 radical (unpaired) electrons. The number of aromatic nitrogens is 4. The predicted molar refractivity (Wildman–Crippen MR) is 283 cm³/mol. The summed E-state index contributed by atoms with van der Waals surface area (Å²) in [4.78, 5) is 81.7. The van der Waals surface area contributed by atoms with Gasteiger partial charge in [-0.1, -0.05) is 53.8 Å². The number of ether oxygens (including phenoxy) is 1. The third-order valence-electron chi connectivity index (χ3n) is 15.1. The molecule has 11 rings (SSSR count). The van der Waals surface area contributed by atoms with Crippen molar-refractivity contribution < 1.29 is 33.8 Å².